The van der Waals surface area contributed by atoms with E-state index >= 15 is 0 Å². The lowest BCUT2D eigenvalue weighted by molar-refractivity contribution is -0.125. The van der Waals surface area contributed by atoms with Crippen molar-refractivity contribution in [3.8, 4) is 0 Å². The Kier molecular flexibility index (Phi) is 1.47. The Labute approximate surface area is 71.1 Å². The highest BCUT2D eigenvalue weighted by atomic mass is 16.3. The van der Waals surface area contributed by atoms with Gasteiger partial charge in [0.15, 0.2) is 0 Å². The van der Waals surface area contributed by atoms with Crippen molar-refractivity contribution in [3.05, 3.63) is 0 Å². The molecule has 0 spiro atoms. The van der Waals surface area contributed by atoms with Crippen molar-refractivity contribution in [1.82, 2.24) is 5.32 Å². The SMILES string of the molecule is NC1(C2(NC(=O)CO)CC2)CC1. The first-order valence-electron chi connectivity index (χ1n) is 4.33. The molecule has 0 radical (unpaired) electrons. The first-order valence-corrected chi connectivity index (χ1v) is 4.33. The molecule has 4 heteroatoms. The van der Waals surface area contributed by atoms with Crippen molar-refractivity contribution in [2.24, 2.45) is 5.73 Å². The summed E-state index contributed by atoms with van der Waals surface area (Å²) >= 11 is 0. The number of hydrogen-bond acceptors (Lipinski definition) is 3. The van der Waals surface area contributed by atoms with Crippen LogP contribution < -0.4 is 11.1 Å². The quantitative estimate of drug-likeness (QED) is 0.515. The highest BCUT2D eigenvalue weighted by Crippen LogP contribution is 2.55. The molecule has 2 saturated carbocycles. The lowest BCUT2D eigenvalue weighted by Crippen LogP contribution is -2.52. The van der Waals surface area contributed by atoms with Crippen molar-refractivity contribution in [3.63, 3.8) is 0 Å². The molecule has 2 aliphatic rings. The molecule has 68 valence electrons. The third-order valence-corrected chi connectivity index (χ3v) is 3.01. The summed E-state index contributed by atoms with van der Waals surface area (Å²) in [6.07, 6.45) is 3.93. The van der Waals surface area contributed by atoms with E-state index in [0.717, 1.165) is 25.7 Å². The molecule has 0 aromatic heterocycles. The lowest BCUT2D eigenvalue weighted by Gasteiger charge is -2.23. The van der Waals surface area contributed by atoms with Crippen molar-refractivity contribution in [1.29, 1.82) is 0 Å². The number of amides is 1. The topological polar surface area (TPSA) is 75.3 Å². The summed E-state index contributed by atoms with van der Waals surface area (Å²) in [5, 5.41) is 11.4. The minimum Gasteiger partial charge on any atom is -0.387 e. The number of nitrogens with one attached hydrogen (secondary N) is 1. The zero-order valence-corrected chi connectivity index (χ0v) is 6.97. The molecule has 1 amide bonds. The van der Waals surface area contributed by atoms with Crippen LogP contribution in [0.3, 0.4) is 0 Å². The Balaban J connectivity index is 1.98. The van der Waals surface area contributed by atoms with Gasteiger partial charge in [-0.05, 0) is 25.7 Å². The van der Waals surface area contributed by atoms with E-state index in [9.17, 15) is 4.79 Å². The molecule has 0 aromatic carbocycles. The minimum absolute atomic E-state index is 0.155. The monoisotopic (exact) mass is 170 g/mol. The van der Waals surface area contributed by atoms with Crippen LogP contribution in [0.1, 0.15) is 25.7 Å². The lowest BCUT2D eigenvalue weighted by atomic mass is 10.1. The van der Waals surface area contributed by atoms with Crippen LogP contribution in [0.5, 0.6) is 0 Å². The van der Waals surface area contributed by atoms with Gasteiger partial charge >= 0.3 is 0 Å². The third-order valence-electron chi connectivity index (χ3n) is 3.01. The highest BCUT2D eigenvalue weighted by Gasteiger charge is 2.64. The van der Waals surface area contributed by atoms with E-state index in [-0.39, 0.29) is 17.0 Å². The fraction of sp³-hybridized carbons (Fsp3) is 0.875. The van der Waals surface area contributed by atoms with E-state index in [1.807, 2.05) is 0 Å². The van der Waals surface area contributed by atoms with Crippen LogP contribution in [0.4, 0.5) is 0 Å². The number of rotatable bonds is 3. The van der Waals surface area contributed by atoms with E-state index in [1.165, 1.54) is 0 Å². The predicted octanol–water partition coefficient (Wildman–Crippen LogP) is -0.881. The van der Waals surface area contributed by atoms with Gasteiger partial charge in [-0.25, -0.2) is 0 Å². The zero-order valence-electron chi connectivity index (χ0n) is 6.97. The number of carbonyl (C=O) groups is 1. The first-order chi connectivity index (χ1) is 5.62. The van der Waals surface area contributed by atoms with Crippen molar-refractivity contribution >= 4 is 5.91 Å². The maximum absolute atomic E-state index is 10.9. The van der Waals surface area contributed by atoms with Gasteiger partial charge in [0.1, 0.15) is 6.61 Å². The fourth-order valence-corrected chi connectivity index (χ4v) is 1.79. The summed E-state index contributed by atoms with van der Waals surface area (Å²) in [5.41, 5.74) is 5.68. The molecule has 0 aliphatic heterocycles. The molecular weight excluding hydrogens is 156 g/mol. The molecule has 0 unspecified atom stereocenters. The summed E-state index contributed by atoms with van der Waals surface area (Å²) < 4.78 is 0. The van der Waals surface area contributed by atoms with Gasteiger partial charge in [0.05, 0.1) is 5.54 Å². The molecule has 0 saturated heterocycles. The Morgan fingerprint density at radius 3 is 2.33 bits per heavy atom. The molecule has 2 rings (SSSR count). The van der Waals surface area contributed by atoms with Gasteiger partial charge in [0.25, 0.3) is 0 Å². The summed E-state index contributed by atoms with van der Waals surface area (Å²) in [6.45, 7) is -0.433. The standard InChI is InChI=1S/C8H14N2O2/c9-7(1-2-7)8(3-4-8)10-6(12)5-11/h11H,1-5,9H2,(H,10,12). The maximum atomic E-state index is 10.9. The van der Waals surface area contributed by atoms with Crippen LogP contribution in [0.2, 0.25) is 0 Å². The second-order valence-corrected chi connectivity index (χ2v) is 3.94. The van der Waals surface area contributed by atoms with Crippen LogP contribution in [0, 0.1) is 0 Å². The second kappa shape index (κ2) is 2.20. The van der Waals surface area contributed by atoms with Crippen LogP contribution in [0.25, 0.3) is 0 Å². The van der Waals surface area contributed by atoms with E-state index in [2.05, 4.69) is 5.32 Å². The first kappa shape index (κ1) is 8.01. The van der Waals surface area contributed by atoms with Crippen LogP contribution >= 0.6 is 0 Å². The average molecular weight is 170 g/mol. The van der Waals surface area contributed by atoms with Crippen molar-refractivity contribution < 1.29 is 9.90 Å². The maximum Gasteiger partial charge on any atom is 0.246 e. The largest absolute Gasteiger partial charge is 0.387 e. The smallest absolute Gasteiger partial charge is 0.246 e. The normalized spacial score (nSPS) is 27.8. The number of carbonyl (C=O) groups excluding carboxylic acids is 1. The molecule has 2 aliphatic carbocycles. The van der Waals surface area contributed by atoms with E-state index in [4.69, 9.17) is 10.8 Å². The fourth-order valence-electron chi connectivity index (χ4n) is 1.79. The summed E-state index contributed by atoms with van der Waals surface area (Å²) in [6, 6.07) is 0. The number of aliphatic hydroxyl groups excluding tert-OH is 1. The Morgan fingerprint density at radius 2 is 2.00 bits per heavy atom. The van der Waals surface area contributed by atoms with Crippen LogP contribution in [-0.2, 0) is 4.79 Å². The van der Waals surface area contributed by atoms with E-state index in [0.29, 0.717) is 0 Å². The third kappa shape index (κ3) is 1.03. The molecule has 12 heavy (non-hydrogen) atoms. The van der Waals surface area contributed by atoms with Gasteiger partial charge in [-0.2, -0.15) is 0 Å². The molecular formula is C8H14N2O2. The van der Waals surface area contributed by atoms with E-state index < -0.39 is 6.61 Å². The predicted molar refractivity (Wildman–Crippen MR) is 43.3 cm³/mol. The van der Waals surface area contributed by atoms with Gasteiger partial charge < -0.3 is 16.2 Å². The highest BCUT2D eigenvalue weighted by molar-refractivity contribution is 5.78. The molecule has 4 nitrogen and oxygen atoms in total. The average Bonchev–Trinajstić information content (AvgIpc) is 2.89. The number of hydrogen-bond donors (Lipinski definition) is 3. The number of aliphatic hydroxyl groups is 1. The van der Waals surface area contributed by atoms with Crippen LogP contribution in [-0.4, -0.2) is 28.7 Å². The molecule has 2 fully saturated rings. The molecule has 0 heterocycles. The molecule has 0 bridgehead atoms. The van der Waals surface area contributed by atoms with Gasteiger partial charge in [-0.1, -0.05) is 0 Å². The number of nitrogens with two attached hydrogens (primary N) is 1. The Bertz CT molecular complexity index is 219. The second-order valence-electron chi connectivity index (χ2n) is 3.94. The summed E-state index contributed by atoms with van der Waals surface area (Å²) in [7, 11) is 0. The van der Waals surface area contributed by atoms with Gasteiger partial charge in [0.2, 0.25) is 5.91 Å². The van der Waals surface area contributed by atoms with Crippen LogP contribution in [0.15, 0.2) is 0 Å². The minimum atomic E-state index is -0.433. The van der Waals surface area contributed by atoms with Crippen molar-refractivity contribution in [2.75, 3.05) is 6.61 Å². The molecule has 0 atom stereocenters. The van der Waals surface area contributed by atoms with E-state index in [1.54, 1.807) is 0 Å². The summed E-state index contributed by atoms with van der Waals surface area (Å²) in [5.74, 6) is -0.302. The van der Waals surface area contributed by atoms with Gasteiger partial charge in [0, 0.05) is 5.54 Å². The zero-order chi connectivity index (χ0) is 8.82. The molecule has 4 N–H and O–H groups in total. The Hall–Kier alpha value is -0.610. The Morgan fingerprint density at radius 1 is 1.42 bits per heavy atom. The summed E-state index contributed by atoms with van der Waals surface area (Å²) in [4.78, 5) is 10.9. The van der Waals surface area contributed by atoms with Gasteiger partial charge in [-0.3, -0.25) is 4.79 Å². The van der Waals surface area contributed by atoms with Gasteiger partial charge in [-0.15, -0.1) is 0 Å². The van der Waals surface area contributed by atoms with Crippen molar-refractivity contribution in [2.45, 2.75) is 36.8 Å². The molecule has 0 aromatic rings.